The van der Waals surface area contributed by atoms with Gasteiger partial charge in [0.15, 0.2) is 5.65 Å². The Morgan fingerprint density at radius 2 is 1.87 bits per heavy atom. The van der Waals surface area contributed by atoms with E-state index in [9.17, 15) is 9.90 Å². The number of benzene rings is 2. The summed E-state index contributed by atoms with van der Waals surface area (Å²) in [5, 5.41) is 22.9. The van der Waals surface area contributed by atoms with Gasteiger partial charge in [-0.3, -0.25) is 9.69 Å². The summed E-state index contributed by atoms with van der Waals surface area (Å²) < 4.78 is 7.40. The third-order valence-corrected chi connectivity index (χ3v) is 9.59. The molecule has 2 atom stereocenters. The van der Waals surface area contributed by atoms with Gasteiger partial charge in [-0.15, -0.1) is 5.10 Å². The molecule has 2 fully saturated rings. The van der Waals surface area contributed by atoms with Crippen molar-refractivity contribution in [2.24, 2.45) is 0 Å². The third kappa shape index (κ3) is 6.70. The first-order valence-corrected chi connectivity index (χ1v) is 16.5. The first-order valence-electron chi connectivity index (χ1n) is 15.7. The number of carbonyl (C=O) groups is 1. The van der Waals surface area contributed by atoms with Crippen LogP contribution in [0.1, 0.15) is 30.4 Å². The number of halogens is 2. The summed E-state index contributed by atoms with van der Waals surface area (Å²) in [6.45, 7) is 3.53. The minimum absolute atomic E-state index is 0.102. The summed E-state index contributed by atoms with van der Waals surface area (Å²) in [6, 6.07) is 17.7. The average molecular weight is 673 g/mol. The predicted octanol–water partition coefficient (Wildman–Crippen LogP) is 5.40. The van der Waals surface area contributed by atoms with Crippen molar-refractivity contribution in [3.8, 4) is 34.0 Å². The van der Waals surface area contributed by atoms with Crippen LogP contribution in [-0.2, 0) is 17.9 Å². The van der Waals surface area contributed by atoms with Crippen LogP contribution in [-0.4, -0.2) is 74.6 Å². The van der Waals surface area contributed by atoms with Crippen LogP contribution in [0.3, 0.4) is 0 Å². The van der Waals surface area contributed by atoms with E-state index in [-0.39, 0.29) is 18.1 Å². The second-order valence-electron chi connectivity index (χ2n) is 12.1. The first kappa shape index (κ1) is 31.5. The van der Waals surface area contributed by atoms with Crippen molar-refractivity contribution in [2.45, 2.75) is 44.5 Å². The molecule has 7 rings (SSSR count). The van der Waals surface area contributed by atoms with Crippen molar-refractivity contribution in [1.29, 1.82) is 0 Å². The number of ether oxygens (including phenoxy) is 1. The molecule has 0 spiro atoms. The highest BCUT2D eigenvalue weighted by Gasteiger charge is 2.22. The molecule has 2 aromatic carbocycles. The zero-order valence-corrected chi connectivity index (χ0v) is 27.4. The Bertz CT molecular complexity index is 1950. The number of nitrogens with zero attached hydrogens (tertiary/aromatic N) is 5. The largest absolute Gasteiger partial charge is 0.481 e. The van der Waals surface area contributed by atoms with Crippen LogP contribution in [0.25, 0.3) is 39.1 Å². The van der Waals surface area contributed by atoms with Crippen LogP contribution in [0.2, 0.25) is 10.0 Å². The zero-order valence-electron chi connectivity index (χ0n) is 25.9. The lowest BCUT2D eigenvalue weighted by molar-refractivity contribution is -0.119. The van der Waals surface area contributed by atoms with E-state index in [0.717, 1.165) is 59.1 Å². The minimum Gasteiger partial charge on any atom is -0.481 e. The molecule has 1 amide bonds. The molecule has 5 heterocycles. The molecule has 1 unspecified atom stereocenters. The number of aromatic nitrogens is 4. The number of likely N-dealkylation sites (tertiary alicyclic amines) is 1. The van der Waals surface area contributed by atoms with Crippen molar-refractivity contribution >= 4 is 40.1 Å². The van der Waals surface area contributed by atoms with Gasteiger partial charge in [0.1, 0.15) is 0 Å². The average Bonchev–Trinajstić information content (AvgIpc) is 3.81. The number of nitrogens with one attached hydrogen (secondary N) is 2. The molecular formula is C35H35Cl2N7O3. The predicted molar refractivity (Wildman–Crippen MR) is 183 cm³/mol. The van der Waals surface area contributed by atoms with Crippen LogP contribution >= 0.6 is 23.2 Å². The van der Waals surface area contributed by atoms with Gasteiger partial charge in [0.25, 0.3) is 0 Å². The molecule has 2 aliphatic heterocycles. The van der Waals surface area contributed by atoms with Gasteiger partial charge < -0.3 is 20.5 Å². The molecule has 0 aliphatic carbocycles. The summed E-state index contributed by atoms with van der Waals surface area (Å²) in [5.74, 6) is 0.609. The van der Waals surface area contributed by atoms with Crippen LogP contribution < -0.4 is 15.4 Å². The Kier molecular flexibility index (Phi) is 9.11. The molecule has 0 bridgehead atoms. The monoisotopic (exact) mass is 671 g/mol. The van der Waals surface area contributed by atoms with E-state index < -0.39 is 0 Å². The van der Waals surface area contributed by atoms with Crippen LogP contribution in [0.4, 0.5) is 0 Å². The zero-order chi connectivity index (χ0) is 32.5. The standard InChI is InChI=1S/C35H35Cl2N7O3/c1-47-35-22(16-38-17-24-9-11-31(46)40-24)8-10-29(41-35)28-6-2-4-26(32(28)36)27-5-3-7-30(33(27)37)44-19-23-14-21(15-39-34(23)42-44)18-43-13-12-25(45)20-43/h2-8,10,14-15,19,24-25,38,45H,9,11-13,16-18,20H2,1H3,(H,40,46)/t24-,25?/m0/s1. The number of fused-ring (bicyclic) bond motifs is 1. The smallest absolute Gasteiger partial charge is 0.220 e. The van der Waals surface area contributed by atoms with Gasteiger partial charge in [-0.1, -0.05) is 59.6 Å². The maximum atomic E-state index is 11.5. The number of aliphatic hydroxyl groups excluding tert-OH is 1. The summed E-state index contributed by atoms with van der Waals surface area (Å²) in [4.78, 5) is 23.1. The van der Waals surface area contributed by atoms with E-state index >= 15 is 0 Å². The van der Waals surface area contributed by atoms with Gasteiger partial charge in [-0.05, 0) is 36.6 Å². The Morgan fingerprint density at radius 1 is 1.06 bits per heavy atom. The molecule has 3 aromatic heterocycles. The number of carbonyl (C=O) groups excluding carboxylic acids is 1. The van der Waals surface area contributed by atoms with E-state index in [1.165, 1.54) is 0 Å². The van der Waals surface area contributed by atoms with Crippen LogP contribution in [0.15, 0.2) is 67.0 Å². The SMILES string of the molecule is COc1nc(-c2cccc(-c3cccc(-n4cc5cc(CN6CCC(O)C6)cnc5n4)c3Cl)c2Cl)ccc1CNC[C@@H]1CCC(=O)N1. The fourth-order valence-corrected chi connectivity index (χ4v) is 7.01. The summed E-state index contributed by atoms with van der Waals surface area (Å²) in [6.07, 6.45) is 5.73. The van der Waals surface area contributed by atoms with Crippen LogP contribution in [0, 0.1) is 0 Å². The van der Waals surface area contributed by atoms with Gasteiger partial charge in [0, 0.05) is 85.2 Å². The fourth-order valence-electron chi connectivity index (χ4n) is 6.37. The number of pyridine rings is 2. The van der Waals surface area contributed by atoms with E-state index in [1.807, 2.05) is 60.9 Å². The van der Waals surface area contributed by atoms with Gasteiger partial charge >= 0.3 is 0 Å². The van der Waals surface area contributed by atoms with Crippen molar-refractivity contribution in [3.05, 3.63) is 88.2 Å². The summed E-state index contributed by atoms with van der Waals surface area (Å²) in [7, 11) is 1.60. The minimum atomic E-state index is -0.259. The molecule has 3 N–H and O–H groups in total. The first-order chi connectivity index (χ1) is 22.9. The van der Waals surface area contributed by atoms with Crippen molar-refractivity contribution < 1.29 is 14.6 Å². The number of β-amino-alcohol motifs (C(OH)–C–C–N with tert-alkyl or cyclic N) is 1. The van der Waals surface area contributed by atoms with Gasteiger partial charge in [0.2, 0.25) is 11.8 Å². The number of aliphatic hydroxyl groups is 1. The van der Waals surface area contributed by atoms with Gasteiger partial charge in [-0.25, -0.2) is 14.6 Å². The lowest BCUT2D eigenvalue weighted by Crippen LogP contribution is -2.35. The summed E-state index contributed by atoms with van der Waals surface area (Å²) in [5.41, 5.74) is 6.28. The van der Waals surface area contributed by atoms with Crippen LogP contribution in [0.5, 0.6) is 5.88 Å². The fraction of sp³-hybridized carbons (Fsp3) is 0.314. The number of hydrogen-bond acceptors (Lipinski definition) is 8. The molecule has 10 nitrogen and oxygen atoms in total. The highest BCUT2D eigenvalue weighted by atomic mass is 35.5. The molecule has 0 saturated carbocycles. The van der Waals surface area contributed by atoms with Crippen molar-refractivity contribution in [3.63, 3.8) is 0 Å². The Hall–Kier alpha value is -4.06. The number of methoxy groups -OCH3 is 1. The Labute approximate surface area is 282 Å². The van der Waals surface area contributed by atoms with Gasteiger partial charge in [-0.2, -0.15) is 0 Å². The molecule has 0 radical (unpaired) electrons. The molecule has 5 aromatic rings. The maximum absolute atomic E-state index is 11.5. The molecule has 2 aliphatic rings. The Balaban J connectivity index is 1.13. The van der Waals surface area contributed by atoms with Gasteiger partial charge in [0.05, 0.1) is 34.6 Å². The molecule has 2 saturated heterocycles. The summed E-state index contributed by atoms with van der Waals surface area (Å²) >= 11 is 14.1. The van der Waals surface area contributed by atoms with E-state index in [4.69, 9.17) is 38.0 Å². The number of hydrogen-bond donors (Lipinski definition) is 3. The van der Waals surface area contributed by atoms with Crippen molar-refractivity contribution in [2.75, 3.05) is 26.7 Å². The lowest BCUT2D eigenvalue weighted by Gasteiger charge is -2.15. The highest BCUT2D eigenvalue weighted by Crippen LogP contribution is 2.41. The number of amides is 1. The lowest BCUT2D eigenvalue weighted by atomic mass is 10.00. The normalized spacial score (nSPS) is 18.3. The topological polar surface area (TPSA) is 117 Å². The Morgan fingerprint density at radius 3 is 2.64 bits per heavy atom. The molecule has 242 valence electrons. The third-order valence-electron chi connectivity index (χ3n) is 8.78. The quantitative estimate of drug-likeness (QED) is 0.181. The van der Waals surface area contributed by atoms with Crippen molar-refractivity contribution in [1.82, 2.24) is 35.3 Å². The van der Waals surface area contributed by atoms with E-state index in [1.54, 1.807) is 11.8 Å². The highest BCUT2D eigenvalue weighted by molar-refractivity contribution is 6.39. The molecule has 12 heteroatoms. The molecule has 47 heavy (non-hydrogen) atoms. The van der Waals surface area contributed by atoms with E-state index in [0.29, 0.717) is 59.0 Å². The second-order valence-corrected chi connectivity index (χ2v) is 12.9. The maximum Gasteiger partial charge on any atom is 0.220 e. The molecular weight excluding hydrogens is 637 g/mol. The second kappa shape index (κ2) is 13.6. The van der Waals surface area contributed by atoms with E-state index in [2.05, 4.69) is 26.6 Å². The number of rotatable bonds is 10.